The number of methoxy groups -OCH3 is 1. The monoisotopic (exact) mass is 218 g/mol. The summed E-state index contributed by atoms with van der Waals surface area (Å²) in [5.41, 5.74) is 0.495. The van der Waals surface area contributed by atoms with Crippen molar-refractivity contribution in [3.05, 3.63) is 23.8 Å². The summed E-state index contributed by atoms with van der Waals surface area (Å²) in [4.78, 5) is 12.0. The molecule has 0 atom stereocenters. The van der Waals surface area contributed by atoms with Crippen LogP contribution in [0.25, 0.3) is 0 Å². The van der Waals surface area contributed by atoms with E-state index in [1.807, 2.05) is 6.07 Å². The van der Waals surface area contributed by atoms with Crippen molar-refractivity contribution < 1.29 is 14.3 Å². The minimum absolute atomic E-state index is 0.198. The Labute approximate surface area is 94.4 Å². The van der Waals surface area contributed by atoms with Crippen LogP contribution in [0.3, 0.4) is 0 Å². The second-order valence-corrected chi connectivity index (χ2v) is 4.60. The normalized spacial score (nSPS) is 20.9. The van der Waals surface area contributed by atoms with Gasteiger partial charge < -0.3 is 9.47 Å². The minimum atomic E-state index is -0.198. The van der Waals surface area contributed by atoms with E-state index < -0.39 is 0 Å². The number of carbonyl (C=O) groups excluding carboxylic acids is 1. The average Bonchev–Trinajstić information content (AvgIpc) is 2.26. The standard InChI is InChI=1S/C13H14O3/c1-15-9-3-4-10-11(14)8-13(5-2-6-13)16-12(10)7-9/h3-4,7H,2,5-6,8H2,1H3. The SMILES string of the molecule is COc1ccc2c(c1)OC1(CCC1)CC2=O. The van der Waals surface area contributed by atoms with Gasteiger partial charge in [-0.2, -0.15) is 0 Å². The summed E-state index contributed by atoms with van der Waals surface area (Å²) in [5, 5.41) is 0. The molecule has 3 heteroatoms. The van der Waals surface area contributed by atoms with Crippen molar-refractivity contribution in [3.8, 4) is 11.5 Å². The zero-order valence-electron chi connectivity index (χ0n) is 9.29. The summed E-state index contributed by atoms with van der Waals surface area (Å²) in [6, 6.07) is 5.41. The minimum Gasteiger partial charge on any atom is -0.497 e. The summed E-state index contributed by atoms with van der Waals surface area (Å²) in [6.07, 6.45) is 3.68. The number of ketones is 1. The van der Waals surface area contributed by atoms with Gasteiger partial charge in [-0.1, -0.05) is 0 Å². The van der Waals surface area contributed by atoms with Crippen molar-refractivity contribution in [2.45, 2.75) is 31.3 Å². The van der Waals surface area contributed by atoms with Crippen molar-refractivity contribution in [3.63, 3.8) is 0 Å². The van der Waals surface area contributed by atoms with Crippen LogP contribution in [-0.4, -0.2) is 18.5 Å². The maximum atomic E-state index is 12.0. The van der Waals surface area contributed by atoms with Gasteiger partial charge in [0.25, 0.3) is 0 Å². The summed E-state index contributed by atoms with van der Waals surface area (Å²) < 4.78 is 11.1. The Morgan fingerprint density at radius 3 is 2.81 bits per heavy atom. The van der Waals surface area contributed by atoms with Crippen LogP contribution in [0.15, 0.2) is 18.2 Å². The van der Waals surface area contributed by atoms with Gasteiger partial charge >= 0.3 is 0 Å². The first kappa shape index (κ1) is 9.70. The number of fused-ring (bicyclic) bond motifs is 1. The predicted molar refractivity (Wildman–Crippen MR) is 59.2 cm³/mol. The molecular formula is C13H14O3. The van der Waals surface area contributed by atoms with E-state index >= 15 is 0 Å². The average molecular weight is 218 g/mol. The quantitative estimate of drug-likeness (QED) is 0.726. The molecule has 84 valence electrons. The third-order valence-corrected chi connectivity index (χ3v) is 3.56. The Morgan fingerprint density at radius 2 is 2.19 bits per heavy atom. The Kier molecular flexibility index (Phi) is 1.96. The Bertz CT molecular complexity index is 446. The van der Waals surface area contributed by atoms with E-state index in [-0.39, 0.29) is 11.4 Å². The van der Waals surface area contributed by atoms with Crippen molar-refractivity contribution in [1.82, 2.24) is 0 Å². The van der Waals surface area contributed by atoms with Gasteiger partial charge in [0, 0.05) is 6.07 Å². The van der Waals surface area contributed by atoms with Crippen LogP contribution in [0.5, 0.6) is 11.5 Å². The lowest BCUT2D eigenvalue weighted by Gasteiger charge is -2.44. The molecule has 0 amide bonds. The van der Waals surface area contributed by atoms with Gasteiger partial charge in [0.15, 0.2) is 5.78 Å². The molecule has 0 radical (unpaired) electrons. The molecule has 3 nitrogen and oxygen atoms in total. The Hall–Kier alpha value is -1.51. The molecule has 1 aromatic carbocycles. The van der Waals surface area contributed by atoms with E-state index in [0.717, 1.165) is 25.0 Å². The van der Waals surface area contributed by atoms with Gasteiger partial charge in [0.05, 0.1) is 19.1 Å². The lowest BCUT2D eigenvalue weighted by atomic mass is 9.74. The van der Waals surface area contributed by atoms with Crippen LogP contribution in [0.2, 0.25) is 0 Å². The number of rotatable bonds is 1. The Balaban J connectivity index is 2.01. The second kappa shape index (κ2) is 3.24. The molecule has 2 aliphatic rings. The van der Waals surface area contributed by atoms with E-state index in [0.29, 0.717) is 17.7 Å². The largest absolute Gasteiger partial charge is 0.497 e. The number of hydrogen-bond acceptors (Lipinski definition) is 3. The van der Waals surface area contributed by atoms with Crippen LogP contribution in [0, 0.1) is 0 Å². The molecule has 1 aromatic rings. The molecule has 16 heavy (non-hydrogen) atoms. The lowest BCUT2D eigenvalue weighted by molar-refractivity contribution is -0.0178. The fourth-order valence-corrected chi connectivity index (χ4v) is 2.45. The fourth-order valence-electron chi connectivity index (χ4n) is 2.45. The van der Waals surface area contributed by atoms with Gasteiger partial charge in [-0.25, -0.2) is 0 Å². The zero-order valence-corrected chi connectivity index (χ0v) is 9.29. The topological polar surface area (TPSA) is 35.5 Å². The smallest absolute Gasteiger partial charge is 0.170 e. The molecule has 1 saturated carbocycles. The lowest BCUT2D eigenvalue weighted by Crippen LogP contribution is -2.47. The number of ether oxygens (including phenoxy) is 2. The number of benzene rings is 1. The number of carbonyl (C=O) groups is 1. The fraction of sp³-hybridized carbons (Fsp3) is 0.462. The van der Waals surface area contributed by atoms with Crippen molar-refractivity contribution >= 4 is 5.78 Å². The van der Waals surface area contributed by atoms with Crippen LogP contribution in [-0.2, 0) is 0 Å². The van der Waals surface area contributed by atoms with E-state index in [1.54, 1.807) is 19.2 Å². The summed E-state index contributed by atoms with van der Waals surface area (Å²) >= 11 is 0. The van der Waals surface area contributed by atoms with Crippen LogP contribution in [0.1, 0.15) is 36.0 Å². The first-order valence-electron chi connectivity index (χ1n) is 5.63. The Morgan fingerprint density at radius 1 is 1.38 bits per heavy atom. The molecule has 1 fully saturated rings. The summed E-state index contributed by atoms with van der Waals surface area (Å²) in [5.74, 6) is 1.63. The molecule has 1 spiro atoms. The van der Waals surface area contributed by atoms with Gasteiger partial charge in [-0.05, 0) is 31.4 Å². The van der Waals surface area contributed by atoms with Crippen LogP contribution < -0.4 is 9.47 Å². The molecule has 1 aliphatic heterocycles. The van der Waals surface area contributed by atoms with E-state index in [4.69, 9.17) is 9.47 Å². The van der Waals surface area contributed by atoms with Gasteiger partial charge in [-0.15, -0.1) is 0 Å². The van der Waals surface area contributed by atoms with Crippen LogP contribution >= 0.6 is 0 Å². The first-order chi connectivity index (χ1) is 7.72. The first-order valence-corrected chi connectivity index (χ1v) is 5.63. The third kappa shape index (κ3) is 1.31. The summed E-state index contributed by atoms with van der Waals surface area (Å²) in [6.45, 7) is 0. The summed E-state index contributed by atoms with van der Waals surface area (Å²) in [7, 11) is 1.62. The highest BCUT2D eigenvalue weighted by atomic mass is 16.5. The maximum absolute atomic E-state index is 12.0. The molecule has 0 bridgehead atoms. The molecule has 0 saturated heterocycles. The number of Topliss-reactive ketones (excluding diaryl/α,β-unsaturated/α-hetero) is 1. The highest BCUT2D eigenvalue weighted by Crippen LogP contribution is 2.45. The third-order valence-electron chi connectivity index (χ3n) is 3.56. The van der Waals surface area contributed by atoms with Gasteiger partial charge in [0.2, 0.25) is 0 Å². The molecule has 1 aliphatic carbocycles. The maximum Gasteiger partial charge on any atom is 0.170 e. The van der Waals surface area contributed by atoms with E-state index in [2.05, 4.69) is 0 Å². The zero-order chi connectivity index (χ0) is 11.2. The van der Waals surface area contributed by atoms with Crippen molar-refractivity contribution in [2.24, 2.45) is 0 Å². The van der Waals surface area contributed by atoms with E-state index in [9.17, 15) is 4.79 Å². The van der Waals surface area contributed by atoms with Crippen molar-refractivity contribution in [2.75, 3.05) is 7.11 Å². The van der Waals surface area contributed by atoms with Crippen LogP contribution in [0.4, 0.5) is 0 Å². The molecule has 1 heterocycles. The van der Waals surface area contributed by atoms with E-state index in [1.165, 1.54) is 0 Å². The molecule has 3 rings (SSSR count). The highest BCUT2D eigenvalue weighted by Gasteiger charge is 2.45. The molecule has 0 aromatic heterocycles. The number of hydrogen-bond donors (Lipinski definition) is 0. The molecule has 0 unspecified atom stereocenters. The highest BCUT2D eigenvalue weighted by molar-refractivity contribution is 6.00. The van der Waals surface area contributed by atoms with Gasteiger partial charge in [0.1, 0.15) is 17.1 Å². The molecular weight excluding hydrogens is 204 g/mol. The van der Waals surface area contributed by atoms with Gasteiger partial charge in [-0.3, -0.25) is 4.79 Å². The predicted octanol–water partition coefficient (Wildman–Crippen LogP) is 2.58. The second-order valence-electron chi connectivity index (χ2n) is 4.60. The van der Waals surface area contributed by atoms with Crippen molar-refractivity contribution in [1.29, 1.82) is 0 Å². The molecule has 0 N–H and O–H groups in total.